The average Bonchev–Trinajstić information content (AvgIpc) is 3.27. The van der Waals surface area contributed by atoms with Crippen molar-refractivity contribution in [2.24, 2.45) is 7.05 Å². The summed E-state index contributed by atoms with van der Waals surface area (Å²) in [6.07, 6.45) is 1.35. The van der Waals surface area contributed by atoms with Crippen molar-refractivity contribution >= 4 is 11.9 Å². The number of amides is 1. The fraction of sp³-hybridized carbons (Fsp3) is 0.389. The highest BCUT2D eigenvalue weighted by molar-refractivity contribution is 6.03. The lowest BCUT2D eigenvalue weighted by Crippen LogP contribution is -2.48. The Morgan fingerprint density at radius 3 is 2.63 bits per heavy atom. The zero-order valence-electron chi connectivity index (χ0n) is 14.9. The largest absolute Gasteiger partial charge is 0.478 e. The van der Waals surface area contributed by atoms with Gasteiger partial charge < -0.3 is 19.5 Å². The number of benzene rings is 1. The molecule has 0 bridgehead atoms. The highest BCUT2D eigenvalue weighted by Gasteiger charge is 2.28. The first-order valence-corrected chi connectivity index (χ1v) is 8.68. The third-order valence-corrected chi connectivity index (χ3v) is 4.76. The molecule has 0 radical (unpaired) electrons. The standard InChI is InChI=1S/C18H20N4O5/c1-20-10-13(18(24)25)16(19-20)17(23)22-6-4-21(5-7-22)9-12-2-3-14-15(8-12)27-11-26-14/h2-3,8,10H,4-7,9,11H2,1H3,(H,24,25). The second-order valence-corrected chi connectivity index (χ2v) is 6.63. The van der Waals surface area contributed by atoms with E-state index in [0.29, 0.717) is 26.2 Å². The molecule has 1 aromatic carbocycles. The maximum absolute atomic E-state index is 12.7. The number of ether oxygens (including phenoxy) is 2. The third-order valence-electron chi connectivity index (χ3n) is 4.76. The number of carbonyl (C=O) groups excluding carboxylic acids is 1. The Balaban J connectivity index is 1.37. The monoisotopic (exact) mass is 372 g/mol. The Morgan fingerprint density at radius 1 is 1.15 bits per heavy atom. The van der Waals surface area contributed by atoms with Crippen molar-refractivity contribution in [3.8, 4) is 11.5 Å². The van der Waals surface area contributed by atoms with Crippen LogP contribution in [0.4, 0.5) is 0 Å². The van der Waals surface area contributed by atoms with Crippen molar-refractivity contribution in [2.75, 3.05) is 33.0 Å². The number of aryl methyl sites for hydroxylation is 1. The van der Waals surface area contributed by atoms with E-state index in [0.717, 1.165) is 23.6 Å². The van der Waals surface area contributed by atoms with Crippen LogP contribution < -0.4 is 9.47 Å². The average molecular weight is 372 g/mol. The second kappa shape index (κ2) is 6.92. The lowest BCUT2D eigenvalue weighted by Gasteiger charge is -2.34. The van der Waals surface area contributed by atoms with Gasteiger partial charge in [-0.25, -0.2) is 4.79 Å². The van der Waals surface area contributed by atoms with E-state index in [1.165, 1.54) is 10.9 Å². The van der Waals surface area contributed by atoms with Gasteiger partial charge in [-0.15, -0.1) is 0 Å². The van der Waals surface area contributed by atoms with E-state index in [9.17, 15) is 14.7 Å². The smallest absolute Gasteiger partial charge is 0.339 e. The number of hydrogen-bond donors (Lipinski definition) is 1. The maximum Gasteiger partial charge on any atom is 0.339 e. The Hall–Kier alpha value is -3.07. The molecule has 9 nitrogen and oxygen atoms in total. The quantitative estimate of drug-likeness (QED) is 0.848. The van der Waals surface area contributed by atoms with Crippen LogP contribution in [0.2, 0.25) is 0 Å². The van der Waals surface area contributed by atoms with Crippen molar-refractivity contribution in [3.63, 3.8) is 0 Å². The molecule has 1 amide bonds. The molecule has 0 aliphatic carbocycles. The predicted octanol–water partition coefficient (Wildman–Crippen LogP) is 0.805. The summed E-state index contributed by atoms with van der Waals surface area (Å²) in [7, 11) is 1.60. The van der Waals surface area contributed by atoms with Crippen LogP contribution in [-0.4, -0.2) is 69.5 Å². The topological polar surface area (TPSA) is 97.1 Å². The molecule has 9 heteroatoms. The number of carboxylic acid groups (broad SMARTS) is 1. The molecule has 0 spiro atoms. The second-order valence-electron chi connectivity index (χ2n) is 6.63. The van der Waals surface area contributed by atoms with Crippen molar-refractivity contribution in [1.29, 1.82) is 0 Å². The van der Waals surface area contributed by atoms with E-state index in [4.69, 9.17) is 9.47 Å². The summed E-state index contributed by atoms with van der Waals surface area (Å²) in [6, 6.07) is 5.90. The van der Waals surface area contributed by atoms with Crippen molar-refractivity contribution in [2.45, 2.75) is 6.54 Å². The van der Waals surface area contributed by atoms with E-state index in [2.05, 4.69) is 10.00 Å². The van der Waals surface area contributed by atoms with Crippen LogP contribution in [0.15, 0.2) is 24.4 Å². The maximum atomic E-state index is 12.7. The summed E-state index contributed by atoms with van der Waals surface area (Å²) < 4.78 is 12.1. The van der Waals surface area contributed by atoms with Gasteiger partial charge in [-0.3, -0.25) is 14.4 Å². The van der Waals surface area contributed by atoms with Crippen molar-refractivity contribution in [3.05, 3.63) is 41.2 Å². The predicted molar refractivity (Wildman–Crippen MR) is 93.9 cm³/mol. The van der Waals surface area contributed by atoms with Crippen LogP contribution in [0, 0.1) is 0 Å². The molecule has 2 aliphatic rings. The number of nitrogens with zero attached hydrogens (tertiary/aromatic N) is 4. The fourth-order valence-corrected chi connectivity index (χ4v) is 3.36. The Bertz CT molecular complexity index is 886. The van der Waals surface area contributed by atoms with Crippen molar-refractivity contribution in [1.82, 2.24) is 19.6 Å². The number of hydrogen-bond acceptors (Lipinski definition) is 6. The summed E-state index contributed by atoms with van der Waals surface area (Å²) in [5, 5.41) is 13.3. The van der Waals surface area contributed by atoms with Crippen LogP contribution >= 0.6 is 0 Å². The summed E-state index contributed by atoms with van der Waals surface area (Å²) in [5.41, 5.74) is 1.05. The summed E-state index contributed by atoms with van der Waals surface area (Å²) >= 11 is 0. The van der Waals surface area contributed by atoms with E-state index in [-0.39, 0.29) is 24.0 Å². The molecule has 3 heterocycles. The van der Waals surface area contributed by atoms with Gasteiger partial charge in [0, 0.05) is 46.0 Å². The number of carboxylic acids is 1. The molecule has 2 aromatic rings. The van der Waals surface area contributed by atoms with Crippen LogP contribution in [0.3, 0.4) is 0 Å². The first-order valence-electron chi connectivity index (χ1n) is 8.68. The Kier molecular flexibility index (Phi) is 4.44. The van der Waals surface area contributed by atoms with Gasteiger partial charge in [0.1, 0.15) is 5.56 Å². The molecule has 1 aromatic heterocycles. The van der Waals surface area contributed by atoms with Crippen LogP contribution in [0.1, 0.15) is 26.4 Å². The van der Waals surface area contributed by atoms with Gasteiger partial charge in [0.25, 0.3) is 5.91 Å². The molecule has 0 saturated carbocycles. The van der Waals surface area contributed by atoms with E-state index in [1.807, 2.05) is 18.2 Å². The van der Waals surface area contributed by atoms with Crippen LogP contribution in [0.25, 0.3) is 0 Å². The number of rotatable bonds is 4. The molecule has 1 N–H and O–H groups in total. The highest BCUT2D eigenvalue weighted by Crippen LogP contribution is 2.32. The number of aromatic carboxylic acids is 1. The van der Waals surface area contributed by atoms with E-state index < -0.39 is 5.97 Å². The summed E-state index contributed by atoms with van der Waals surface area (Å²) in [4.78, 5) is 27.9. The summed E-state index contributed by atoms with van der Waals surface area (Å²) in [6.45, 7) is 3.47. The minimum atomic E-state index is -1.15. The molecule has 1 fully saturated rings. The fourth-order valence-electron chi connectivity index (χ4n) is 3.36. The zero-order valence-corrected chi connectivity index (χ0v) is 14.9. The molecule has 4 rings (SSSR count). The first kappa shape index (κ1) is 17.3. The van der Waals surface area contributed by atoms with Gasteiger partial charge >= 0.3 is 5.97 Å². The minimum Gasteiger partial charge on any atom is -0.478 e. The van der Waals surface area contributed by atoms with Crippen LogP contribution in [-0.2, 0) is 13.6 Å². The minimum absolute atomic E-state index is 0.00535. The van der Waals surface area contributed by atoms with Crippen molar-refractivity contribution < 1.29 is 24.2 Å². The number of carbonyl (C=O) groups is 2. The Labute approximate surface area is 155 Å². The van der Waals surface area contributed by atoms with Gasteiger partial charge in [-0.1, -0.05) is 6.07 Å². The van der Waals surface area contributed by atoms with Gasteiger partial charge in [-0.2, -0.15) is 5.10 Å². The SMILES string of the molecule is Cn1cc(C(=O)O)c(C(=O)N2CCN(Cc3ccc4c(c3)OCO4)CC2)n1. The molecule has 0 atom stereocenters. The van der Waals surface area contributed by atoms with E-state index in [1.54, 1.807) is 11.9 Å². The first-order chi connectivity index (χ1) is 13.0. The molecule has 2 aliphatic heterocycles. The Morgan fingerprint density at radius 2 is 1.89 bits per heavy atom. The molecule has 142 valence electrons. The number of aromatic nitrogens is 2. The molecule has 1 saturated heterocycles. The van der Waals surface area contributed by atoms with Gasteiger partial charge in [-0.05, 0) is 17.7 Å². The van der Waals surface area contributed by atoms with Crippen LogP contribution in [0.5, 0.6) is 11.5 Å². The normalized spacial score (nSPS) is 16.6. The molecular weight excluding hydrogens is 352 g/mol. The lowest BCUT2D eigenvalue weighted by molar-refractivity contribution is 0.0604. The highest BCUT2D eigenvalue weighted by atomic mass is 16.7. The zero-order chi connectivity index (χ0) is 19.0. The molecular formula is C18H20N4O5. The summed E-state index contributed by atoms with van der Waals surface area (Å²) in [5.74, 6) is 0.0417. The number of fused-ring (bicyclic) bond motifs is 1. The van der Waals surface area contributed by atoms with Gasteiger partial charge in [0.05, 0.1) is 0 Å². The lowest BCUT2D eigenvalue weighted by atomic mass is 10.1. The van der Waals surface area contributed by atoms with Gasteiger partial charge in [0.15, 0.2) is 17.2 Å². The molecule has 27 heavy (non-hydrogen) atoms. The molecule has 0 unspecified atom stereocenters. The third kappa shape index (κ3) is 3.45. The van der Waals surface area contributed by atoms with Gasteiger partial charge in [0.2, 0.25) is 6.79 Å². The van der Waals surface area contributed by atoms with E-state index >= 15 is 0 Å². The number of piperazine rings is 1.